The van der Waals surface area contributed by atoms with Crippen molar-refractivity contribution in [3.05, 3.63) is 71.2 Å². The number of benzene rings is 2. The highest BCUT2D eigenvalue weighted by molar-refractivity contribution is 7.15. The van der Waals surface area contributed by atoms with E-state index in [0.717, 1.165) is 30.0 Å². The van der Waals surface area contributed by atoms with Gasteiger partial charge in [0.25, 0.3) is 0 Å². The third-order valence-corrected chi connectivity index (χ3v) is 8.01. The summed E-state index contributed by atoms with van der Waals surface area (Å²) < 4.78 is 0. The lowest BCUT2D eigenvalue weighted by atomic mass is 9.94. The quantitative estimate of drug-likeness (QED) is 0.488. The molecule has 3 aromatic rings. The maximum Gasteiger partial charge on any atom is 0.229 e. The molecule has 0 bridgehead atoms. The predicted octanol–water partition coefficient (Wildman–Crippen LogP) is 3.94. The summed E-state index contributed by atoms with van der Waals surface area (Å²) in [6.07, 6.45) is 4.23. The van der Waals surface area contributed by atoms with E-state index in [4.69, 9.17) is 0 Å². The maximum absolute atomic E-state index is 13.1. The number of anilines is 2. The largest absolute Gasteiger partial charge is 0.342 e. The molecule has 8 nitrogen and oxygen atoms in total. The second-order valence-corrected chi connectivity index (χ2v) is 10.7. The Bertz CT molecular complexity index is 1220. The molecule has 2 aliphatic heterocycles. The van der Waals surface area contributed by atoms with Crippen LogP contribution in [0.4, 0.5) is 10.8 Å². The van der Waals surface area contributed by atoms with Crippen molar-refractivity contribution in [1.29, 1.82) is 0 Å². The summed E-state index contributed by atoms with van der Waals surface area (Å²) in [7, 11) is 0. The van der Waals surface area contributed by atoms with Gasteiger partial charge in [-0.15, -0.1) is 10.2 Å². The van der Waals surface area contributed by atoms with E-state index in [9.17, 15) is 14.4 Å². The maximum atomic E-state index is 13.1. The second-order valence-electron chi connectivity index (χ2n) is 9.67. The number of nitrogens with zero attached hydrogens (tertiary/aromatic N) is 4. The molecule has 1 aromatic heterocycles. The number of para-hydroxylation sites is 1. The normalized spacial score (nSPS) is 18.3. The Hall–Kier alpha value is -3.59. The van der Waals surface area contributed by atoms with Gasteiger partial charge in [-0.25, -0.2) is 0 Å². The summed E-state index contributed by atoms with van der Waals surface area (Å²) in [5.41, 5.74) is 2.13. The molecule has 1 unspecified atom stereocenters. The molecule has 0 aliphatic carbocycles. The van der Waals surface area contributed by atoms with Crippen LogP contribution >= 0.6 is 11.3 Å². The van der Waals surface area contributed by atoms with Crippen molar-refractivity contribution < 1.29 is 14.4 Å². The van der Waals surface area contributed by atoms with Crippen LogP contribution in [0.1, 0.15) is 36.3 Å². The number of hydrogen-bond donors (Lipinski definition) is 1. The molecule has 5 rings (SSSR count). The van der Waals surface area contributed by atoms with Crippen molar-refractivity contribution in [3.8, 4) is 0 Å². The standard InChI is InChI=1S/C28H31N5O3S/c34-25-18-22(19-33(25)23-11-5-2-6-12-23)27(36)32-16-14-21(15-17-32)26(35)29-28-31-30-24(37-28)13-7-10-20-8-3-1-4-9-20/h1-6,8-9,11-12,21-22H,7,10,13-19H2,(H,29,31,35). The highest BCUT2D eigenvalue weighted by Crippen LogP contribution is 2.28. The lowest BCUT2D eigenvalue weighted by Gasteiger charge is -2.32. The van der Waals surface area contributed by atoms with Crippen molar-refractivity contribution in [3.63, 3.8) is 0 Å². The van der Waals surface area contributed by atoms with Crippen molar-refractivity contribution in [1.82, 2.24) is 15.1 Å². The molecule has 2 aromatic carbocycles. The van der Waals surface area contributed by atoms with Crippen LogP contribution in [0.2, 0.25) is 0 Å². The molecule has 9 heteroatoms. The number of carbonyl (C=O) groups excluding carboxylic acids is 3. The van der Waals surface area contributed by atoms with Gasteiger partial charge in [0, 0.05) is 44.1 Å². The Labute approximate surface area is 220 Å². The van der Waals surface area contributed by atoms with Crippen molar-refractivity contribution >= 4 is 39.9 Å². The minimum atomic E-state index is -0.334. The number of piperidine rings is 1. The first-order valence-electron chi connectivity index (χ1n) is 12.9. The molecule has 3 heterocycles. The first kappa shape index (κ1) is 25.1. The van der Waals surface area contributed by atoms with Crippen LogP contribution < -0.4 is 10.2 Å². The Balaban J connectivity index is 1.06. The van der Waals surface area contributed by atoms with Gasteiger partial charge in [0.2, 0.25) is 22.9 Å². The van der Waals surface area contributed by atoms with Gasteiger partial charge >= 0.3 is 0 Å². The number of rotatable bonds is 8. The average molecular weight is 518 g/mol. The van der Waals surface area contributed by atoms with Gasteiger partial charge < -0.3 is 15.1 Å². The fraction of sp³-hybridized carbons (Fsp3) is 0.393. The van der Waals surface area contributed by atoms with Crippen molar-refractivity contribution in [2.45, 2.75) is 38.5 Å². The smallest absolute Gasteiger partial charge is 0.229 e. The minimum absolute atomic E-state index is 0.00917. The van der Waals surface area contributed by atoms with Gasteiger partial charge in [0.15, 0.2) is 0 Å². The third-order valence-electron chi connectivity index (χ3n) is 7.12. The zero-order valence-electron chi connectivity index (χ0n) is 20.7. The highest BCUT2D eigenvalue weighted by atomic mass is 32.1. The lowest BCUT2D eigenvalue weighted by molar-refractivity contribution is -0.138. The Morgan fingerprint density at radius 3 is 2.35 bits per heavy atom. The van der Waals surface area contributed by atoms with Crippen molar-refractivity contribution in [2.75, 3.05) is 29.9 Å². The van der Waals surface area contributed by atoms with Gasteiger partial charge in [-0.05, 0) is 43.4 Å². The number of hydrogen-bond acceptors (Lipinski definition) is 6. The van der Waals surface area contributed by atoms with Crippen LogP contribution in [-0.2, 0) is 27.2 Å². The molecule has 0 saturated carbocycles. The van der Waals surface area contributed by atoms with Crippen LogP contribution in [0.25, 0.3) is 0 Å². The minimum Gasteiger partial charge on any atom is -0.342 e. The molecule has 0 spiro atoms. The number of nitrogens with one attached hydrogen (secondary N) is 1. The molecular weight excluding hydrogens is 486 g/mol. The molecule has 0 radical (unpaired) electrons. The zero-order chi connectivity index (χ0) is 25.6. The van der Waals surface area contributed by atoms with Gasteiger partial charge in [0.05, 0.1) is 5.92 Å². The predicted molar refractivity (Wildman–Crippen MR) is 143 cm³/mol. The van der Waals surface area contributed by atoms with Crippen molar-refractivity contribution in [2.24, 2.45) is 11.8 Å². The van der Waals surface area contributed by atoms with E-state index in [0.29, 0.717) is 37.6 Å². The van der Waals surface area contributed by atoms with Crippen LogP contribution in [0.15, 0.2) is 60.7 Å². The van der Waals surface area contributed by atoms with Gasteiger partial charge in [-0.1, -0.05) is 59.9 Å². The average Bonchev–Trinajstić information content (AvgIpc) is 3.55. The van der Waals surface area contributed by atoms with E-state index in [1.165, 1.54) is 16.9 Å². The fourth-order valence-corrected chi connectivity index (χ4v) is 5.84. The van der Waals surface area contributed by atoms with Gasteiger partial charge in [-0.2, -0.15) is 0 Å². The molecule has 192 valence electrons. The molecular formula is C28H31N5O3S. The summed E-state index contributed by atoms with van der Waals surface area (Å²) in [6, 6.07) is 19.8. The molecule has 3 amide bonds. The lowest BCUT2D eigenvalue weighted by Crippen LogP contribution is -2.44. The summed E-state index contributed by atoms with van der Waals surface area (Å²) in [4.78, 5) is 41.9. The first-order valence-corrected chi connectivity index (χ1v) is 13.7. The van der Waals surface area contributed by atoms with E-state index in [-0.39, 0.29) is 36.0 Å². The first-order chi connectivity index (χ1) is 18.1. The number of likely N-dealkylation sites (tertiary alicyclic amines) is 1. The Kier molecular flexibility index (Phi) is 7.89. The molecule has 2 fully saturated rings. The number of carbonyl (C=O) groups is 3. The number of aryl methyl sites for hydroxylation is 2. The monoisotopic (exact) mass is 517 g/mol. The van der Waals surface area contributed by atoms with E-state index >= 15 is 0 Å². The third kappa shape index (κ3) is 6.22. The molecule has 2 saturated heterocycles. The molecule has 2 aliphatic rings. The van der Waals surface area contributed by atoms with Gasteiger partial charge in [-0.3, -0.25) is 14.4 Å². The number of aromatic nitrogens is 2. The zero-order valence-corrected chi connectivity index (χ0v) is 21.5. The van der Waals surface area contributed by atoms with Crippen LogP contribution in [0, 0.1) is 11.8 Å². The van der Waals surface area contributed by atoms with Crippen LogP contribution in [-0.4, -0.2) is 52.5 Å². The Morgan fingerprint density at radius 2 is 1.62 bits per heavy atom. The van der Waals surface area contributed by atoms with Crippen LogP contribution in [0.3, 0.4) is 0 Å². The van der Waals surface area contributed by atoms with E-state index in [1.807, 2.05) is 53.4 Å². The summed E-state index contributed by atoms with van der Waals surface area (Å²) in [5.74, 6) is -0.573. The Morgan fingerprint density at radius 1 is 0.919 bits per heavy atom. The topological polar surface area (TPSA) is 95.5 Å². The SMILES string of the molecule is O=C(Nc1nnc(CCCc2ccccc2)s1)C1CCN(C(=O)C2CC(=O)N(c3ccccc3)C2)CC1. The molecule has 37 heavy (non-hydrogen) atoms. The molecule has 1 N–H and O–H groups in total. The second kappa shape index (κ2) is 11.6. The van der Waals surface area contributed by atoms with E-state index in [1.54, 1.807) is 4.90 Å². The fourth-order valence-electron chi connectivity index (χ4n) is 5.05. The molecule has 1 atom stereocenters. The summed E-state index contributed by atoms with van der Waals surface area (Å²) in [5, 5.41) is 12.7. The van der Waals surface area contributed by atoms with Gasteiger partial charge in [0.1, 0.15) is 5.01 Å². The number of amides is 3. The van der Waals surface area contributed by atoms with E-state index < -0.39 is 0 Å². The van der Waals surface area contributed by atoms with E-state index in [2.05, 4.69) is 27.6 Å². The highest BCUT2D eigenvalue weighted by Gasteiger charge is 2.38. The summed E-state index contributed by atoms with van der Waals surface area (Å²) in [6.45, 7) is 1.45. The summed E-state index contributed by atoms with van der Waals surface area (Å²) >= 11 is 1.43. The van der Waals surface area contributed by atoms with Crippen LogP contribution in [0.5, 0.6) is 0 Å².